The van der Waals surface area contributed by atoms with Crippen LogP contribution in [-0.2, 0) is 16.5 Å². The lowest BCUT2D eigenvalue weighted by Crippen LogP contribution is -2.06. The molecule has 0 aliphatic rings. The third-order valence-electron chi connectivity index (χ3n) is 2.86. The molecule has 2 rings (SSSR count). The van der Waals surface area contributed by atoms with Crippen LogP contribution in [0.2, 0.25) is 0 Å². The number of hydrogen-bond donors (Lipinski definition) is 0. The molecule has 2 aromatic rings. The zero-order valence-electron chi connectivity index (χ0n) is 10.4. The van der Waals surface area contributed by atoms with E-state index >= 15 is 0 Å². The number of fused-ring (bicyclic) bond motifs is 1. The number of aromatic nitrogens is 1. The van der Waals surface area contributed by atoms with Gasteiger partial charge in [-0.05, 0) is 24.3 Å². The average molecular weight is 247 g/mol. The van der Waals surface area contributed by atoms with Crippen LogP contribution in [0.3, 0.4) is 0 Å². The van der Waals surface area contributed by atoms with Gasteiger partial charge in [0.2, 0.25) is 0 Å². The minimum Gasteiger partial charge on any atom is -0.465 e. The Kier molecular flexibility index (Phi) is 3.06. The fraction of sp³-hybridized carbons (Fsp3) is 0.231. The van der Waals surface area contributed by atoms with Gasteiger partial charge in [-0.2, -0.15) is 0 Å². The van der Waals surface area contributed by atoms with Crippen molar-refractivity contribution in [3.8, 4) is 0 Å². The van der Waals surface area contributed by atoms with Gasteiger partial charge in [-0.1, -0.05) is 0 Å². The lowest BCUT2D eigenvalue weighted by Gasteiger charge is -2.02. The van der Waals surface area contributed by atoms with Gasteiger partial charge >= 0.3 is 11.9 Å². The van der Waals surface area contributed by atoms with Crippen LogP contribution in [0, 0.1) is 0 Å². The van der Waals surface area contributed by atoms with Gasteiger partial charge < -0.3 is 14.0 Å². The molecule has 0 saturated heterocycles. The average Bonchev–Trinajstić information content (AvgIpc) is 2.73. The van der Waals surface area contributed by atoms with Gasteiger partial charge in [-0.15, -0.1) is 0 Å². The molecule has 0 spiro atoms. The molecule has 18 heavy (non-hydrogen) atoms. The number of carbonyl (C=O) groups is 2. The Morgan fingerprint density at radius 3 is 2.33 bits per heavy atom. The Bertz CT molecular complexity index is 627. The number of hydrogen-bond acceptors (Lipinski definition) is 4. The molecule has 0 N–H and O–H groups in total. The van der Waals surface area contributed by atoms with E-state index in [0.29, 0.717) is 11.3 Å². The highest BCUT2D eigenvalue weighted by atomic mass is 16.5. The Morgan fingerprint density at radius 2 is 1.72 bits per heavy atom. The number of ether oxygens (including phenoxy) is 2. The number of benzene rings is 1. The summed E-state index contributed by atoms with van der Waals surface area (Å²) in [4.78, 5) is 23.0. The molecule has 0 amide bonds. The van der Waals surface area contributed by atoms with Crippen molar-refractivity contribution in [1.82, 2.24) is 4.57 Å². The minimum absolute atomic E-state index is 0.402. The van der Waals surface area contributed by atoms with E-state index in [1.54, 1.807) is 35.9 Å². The van der Waals surface area contributed by atoms with Gasteiger partial charge in [0.1, 0.15) is 5.69 Å². The van der Waals surface area contributed by atoms with Crippen LogP contribution in [0.15, 0.2) is 24.3 Å². The third-order valence-corrected chi connectivity index (χ3v) is 2.86. The second kappa shape index (κ2) is 4.52. The summed E-state index contributed by atoms with van der Waals surface area (Å²) in [5.41, 5.74) is 1.74. The molecule has 0 saturated carbocycles. The van der Waals surface area contributed by atoms with Crippen molar-refractivity contribution in [1.29, 1.82) is 0 Å². The molecular formula is C13H13NO4. The molecule has 0 fully saturated rings. The van der Waals surface area contributed by atoms with Crippen LogP contribution in [0.5, 0.6) is 0 Å². The first kappa shape index (κ1) is 12.2. The van der Waals surface area contributed by atoms with Crippen molar-refractivity contribution in [2.24, 2.45) is 7.05 Å². The molecule has 5 heteroatoms. The second-order valence-corrected chi connectivity index (χ2v) is 3.85. The first-order chi connectivity index (χ1) is 8.58. The van der Waals surface area contributed by atoms with Crippen molar-refractivity contribution in [3.05, 3.63) is 35.5 Å². The van der Waals surface area contributed by atoms with Crippen LogP contribution in [0.25, 0.3) is 10.9 Å². The standard InChI is InChI=1S/C13H13NO4/c1-14-10-5-4-8(12(15)17-2)6-9(10)7-11(14)13(16)18-3/h4-7H,1-3H3. The fourth-order valence-electron chi connectivity index (χ4n) is 1.89. The highest BCUT2D eigenvalue weighted by Gasteiger charge is 2.15. The molecule has 94 valence electrons. The number of rotatable bonds is 2. The quantitative estimate of drug-likeness (QED) is 0.759. The molecule has 0 aliphatic heterocycles. The summed E-state index contributed by atoms with van der Waals surface area (Å²) in [6.07, 6.45) is 0. The monoisotopic (exact) mass is 247 g/mol. The Hall–Kier alpha value is -2.30. The smallest absolute Gasteiger partial charge is 0.354 e. The number of esters is 2. The van der Waals surface area contributed by atoms with Crippen molar-refractivity contribution in [2.75, 3.05) is 14.2 Å². The maximum absolute atomic E-state index is 11.5. The van der Waals surface area contributed by atoms with E-state index in [9.17, 15) is 9.59 Å². The molecule has 0 atom stereocenters. The number of aryl methyl sites for hydroxylation is 1. The largest absolute Gasteiger partial charge is 0.465 e. The van der Waals surface area contributed by atoms with Gasteiger partial charge in [-0.25, -0.2) is 9.59 Å². The van der Waals surface area contributed by atoms with E-state index in [4.69, 9.17) is 4.74 Å². The molecule has 5 nitrogen and oxygen atoms in total. The fourth-order valence-corrected chi connectivity index (χ4v) is 1.89. The van der Waals surface area contributed by atoms with Crippen LogP contribution in [-0.4, -0.2) is 30.7 Å². The summed E-state index contributed by atoms with van der Waals surface area (Å²) in [6.45, 7) is 0. The van der Waals surface area contributed by atoms with Gasteiger partial charge in [0, 0.05) is 18.0 Å². The molecule has 0 radical (unpaired) electrons. The predicted octanol–water partition coefficient (Wildman–Crippen LogP) is 1.75. The lowest BCUT2D eigenvalue weighted by molar-refractivity contribution is 0.0585. The molecule has 0 aliphatic carbocycles. The summed E-state index contributed by atoms with van der Waals surface area (Å²) in [5, 5.41) is 0.792. The van der Waals surface area contributed by atoms with Crippen LogP contribution in [0.4, 0.5) is 0 Å². The van der Waals surface area contributed by atoms with Crippen LogP contribution in [0.1, 0.15) is 20.8 Å². The highest BCUT2D eigenvalue weighted by Crippen LogP contribution is 2.21. The van der Waals surface area contributed by atoms with E-state index in [1.165, 1.54) is 14.2 Å². The van der Waals surface area contributed by atoms with Crippen molar-refractivity contribution in [2.45, 2.75) is 0 Å². The number of methoxy groups -OCH3 is 2. The zero-order valence-corrected chi connectivity index (χ0v) is 10.4. The van der Waals surface area contributed by atoms with Gasteiger partial charge in [-0.3, -0.25) is 0 Å². The Morgan fingerprint density at radius 1 is 1.06 bits per heavy atom. The number of carbonyl (C=O) groups excluding carboxylic acids is 2. The topological polar surface area (TPSA) is 57.5 Å². The van der Waals surface area contributed by atoms with Gasteiger partial charge in [0.25, 0.3) is 0 Å². The first-order valence-electron chi connectivity index (χ1n) is 5.34. The van der Waals surface area contributed by atoms with Gasteiger partial charge in [0.05, 0.1) is 19.8 Å². The van der Waals surface area contributed by atoms with E-state index in [2.05, 4.69) is 4.74 Å². The van der Waals surface area contributed by atoms with E-state index < -0.39 is 11.9 Å². The normalized spacial score (nSPS) is 10.4. The maximum Gasteiger partial charge on any atom is 0.354 e. The second-order valence-electron chi connectivity index (χ2n) is 3.85. The van der Waals surface area contributed by atoms with Crippen LogP contribution < -0.4 is 0 Å². The van der Waals surface area contributed by atoms with E-state index in [0.717, 1.165) is 10.9 Å². The molecule has 1 heterocycles. The Labute approximate surface area is 104 Å². The number of nitrogens with zero attached hydrogens (tertiary/aromatic N) is 1. The lowest BCUT2D eigenvalue weighted by atomic mass is 10.1. The first-order valence-corrected chi connectivity index (χ1v) is 5.34. The summed E-state index contributed by atoms with van der Waals surface area (Å²) >= 11 is 0. The zero-order chi connectivity index (χ0) is 13.3. The van der Waals surface area contributed by atoms with Crippen molar-refractivity contribution >= 4 is 22.8 Å². The van der Waals surface area contributed by atoms with Gasteiger partial charge in [0.15, 0.2) is 0 Å². The van der Waals surface area contributed by atoms with Crippen molar-refractivity contribution in [3.63, 3.8) is 0 Å². The summed E-state index contributed by atoms with van der Waals surface area (Å²) in [6, 6.07) is 6.81. The van der Waals surface area contributed by atoms with Crippen LogP contribution >= 0.6 is 0 Å². The summed E-state index contributed by atoms with van der Waals surface area (Å²) in [5.74, 6) is -0.811. The SMILES string of the molecule is COC(=O)c1ccc2c(c1)cc(C(=O)OC)n2C. The van der Waals surface area contributed by atoms with E-state index in [1.807, 2.05) is 0 Å². The third kappa shape index (κ3) is 1.84. The molecule has 0 bridgehead atoms. The molecule has 1 aromatic carbocycles. The van der Waals surface area contributed by atoms with E-state index in [-0.39, 0.29) is 0 Å². The summed E-state index contributed by atoms with van der Waals surface area (Å²) < 4.78 is 11.1. The molecular weight excluding hydrogens is 234 g/mol. The predicted molar refractivity (Wildman–Crippen MR) is 65.6 cm³/mol. The molecule has 1 aromatic heterocycles. The summed E-state index contributed by atoms with van der Waals surface area (Å²) in [7, 11) is 4.43. The van der Waals surface area contributed by atoms with Crippen molar-refractivity contribution < 1.29 is 19.1 Å². The Balaban J connectivity index is 2.58. The minimum atomic E-state index is -0.409. The highest BCUT2D eigenvalue weighted by molar-refractivity contribution is 5.99. The molecule has 0 unspecified atom stereocenters. The maximum atomic E-state index is 11.5.